The lowest BCUT2D eigenvalue weighted by molar-refractivity contribution is -0.128. The molecule has 26 heavy (non-hydrogen) atoms. The topological polar surface area (TPSA) is 66.5 Å². The summed E-state index contributed by atoms with van der Waals surface area (Å²) in [4.78, 5) is 13.0. The van der Waals surface area contributed by atoms with E-state index in [-0.39, 0.29) is 22.8 Å². The van der Waals surface area contributed by atoms with E-state index in [1.807, 2.05) is 13.8 Å². The summed E-state index contributed by atoms with van der Waals surface area (Å²) in [6.45, 7) is 11.3. The van der Waals surface area contributed by atoms with Crippen LogP contribution in [0.15, 0.2) is 35.2 Å². The molecule has 0 unspecified atom stereocenters. The van der Waals surface area contributed by atoms with Crippen LogP contribution in [-0.2, 0) is 14.8 Å². The first-order valence-electron chi connectivity index (χ1n) is 9.28. The molecule has 0 atom stereocenters. The van der Waals surface area contributed by atoms with E-state index >= 15 is 0 Å². The van der Waals surface area contributed by atoms with E-state index in [0.717, 1.165) is 6.42 Å². The Morgan fingerprint density at radius 3 is 2.12 bits per heavy atom. The van der Waals surface area contributed by atoms with Crippen LogP contribution in [-0.4, -0.2) is 37.3 Å². The van der Waals surface area contributed by atoms with E-state index < -0.39 is 10.0 Å². The normalized spacial score (nSPS) is 17.9. The molecule has 2 rings (SSSR count). The van der Waals surface area contributed by atoms with Gasteiger partial charge in [-0.05, 0) is 50.7 Å². The van der Waals surface area contributed by atoms with Crippen molar-refractivity contribution in [2.75, 3.05) is 13.1 Å². The maximum atomic E-state index is 12.7. The summed E-state index contributed by atoms with van der Waals surface area (Å²) in [6.07, 6.45) is 2.00. The monoisotopic (exact) mass is 380 g/mol. The summed E-state index contributed by atoms with van der Waals surface area (Å²) in [6, 6.07) is 8.48. The molecule has 0 aliphatic carbocycles. The number of rotatable bonds is 5. The number of benzene rings is 1. The van der Waals surface area contributed by atoms with Crippen molar-refractivity contribution in [3.8, 4) is 0 Å². The van der Waals surface area contributed by atoms with Gasteiger partial charge in [-0.25, -0.2) is 8.42 Å². The second kappa shape index (κ2) is 7.69. The van der Waals surface area contributed by atoms with Crippen LogP contribution in [0.5, 0.6) is 0 Å². The summed E-state index contributed by atoms with van der Waals surface area (Å²) >= 11 is 0. The molecule has 1 fully saturated rings. The van der Waals surface area contributed by atoms with Crippen molar-refractivity contribution >= 4 is 15.9 Å². The van der Waals surface area contributed by atoms with Gasteiger partial charge in [0.1, 0.15) is 0 Å². The van der Waals surface area contributed by atoms with E-state index in [0.29, 0.717) is 30.8 Å². The zero-order valence-electron chi connectivity index (χ0n) is 16.6. The molecule has 1 amide bonds. The van der Waals surface area contributed by atoms with Crippen molar-refractivity contribution in [1.82, 2.24) is 9.62 Å². The minimum Gasteiger partial charge on any atom is -0.351 e. The smallest absolute Gasteiger partial charge is 0.243 e. The molecule has 146 valence electrons. The van der Waals surface area contributed by atoms with E-state index in [9.17, 15) is 13.2 Å². The molecule has 0 saturated carbocycles. The Hall–Kier alpha value is -1.40. The van der Waals surface area contributed by atoms with Crippen molar-refractivity contribution in [2.24, 2.45) is 11.3 Å². The first-order chi connectivity index (χ1) is 11.9. The first-order valence-corrected chi connectivity index (χ1v) is 10.7. The fourth-order valence-corrected chi connectivity index (χ4v) is 5.40. The van der Waals surface area contributed by atoms with Gasteiger partial charge in [0, 0.05) is 24.5 Å². The number of hydrogen-bond donors (Lipinski definition) is 1. The predicted octanol–water partition coefficient (Wildman–Crippen LogP) is 3.42. The largest absolute Gasteiger partial charge is 0.351 e. The Kier molecular flexibility index (Phi) is 6.18. The Bertz CT molecular complexity index is 713. The summed E-state index contributed by atoms with van der Waals surface area (Å²) < 4.78 is 26.8. The fraction of sp³-hybridized carbons (Fsp3) is 0.650. The Labute approximate surface area is 158 Å². The van der Waals surface area contributed by atoms with Gasteiger partial charge in [0.05, 0.1) is 4.90 Å². The van der Waals surface area contributed by atoms with Gasteiger partial charge < -0.3 is 5.32 Å². The van der Waals surface area contributed by atoms with Crippen molar-refractivity contribution in [1.29, 1.82) is 0 Å². The van der Waals surface area contributed by atoms with E-state index in [1.165, 1.54) is 4.31 Å². The minimum atomic E-state index is -3.47. The van der Waals surface area contributed by atoms with Crippen LogP contribution in [0.1, 0.15) is 53.9 Å². The lowest BCUT2D eigenvalue weighted by Gasteiger charge is -2.36. The number of carbonyl (C=O) groups excluding carboxylic acids is 1. The van der Waals surface area contributed by atoms with Crippen molar-refractivity contribution in [3.63, 3.8) is 0 Å². The Morgan fingerprint density at radius 1 is 1.08 bits per heavy atom. The number of nitrogens with zero attached hydrogens (tertiary/aromatic N) is 1. The predicted molar refractivity (Wildman–Crippen MR) is 104 cm³/mol. The number of hydrogen-bond acceptors (Lipinski definition) is 3. The SMILES string of the molecule is CC(C)(C)CC(C)(C)NC(=O)C1CCN(S(=O)(=O)c2ccccc2)CC1. The van der Waals surface area contributed by atoms with Crippen LogP contribution in [0, 0.1) is 11.3 Å². The third-order valence-electron chi connectivity index (χ3n) is 4.64. The van der Waals surface area contributed by atoms with Crippen molar-refractivity contribution in [3.05, 3.63) is 30.3 Å². The fourth-order valence-electron chi connectivity index (χ4n) is 3.91. The van der Waals surface area contributed by atoms with Gasteiger partial charge in [0.2, 0.25) is 15.9 Å². The molecular weight excluding hydrogens is 348 g/mol. The highest BCUT2D eigenvalue weighted by Gasteiger charge is 2.34. The molecule has 1 heterocycles. The van der Waals surface area contributed by atoms with Gasteiger partial charge in [0.15, 0.2) is 0 Å². The quantitative estimate of drug-likeness (QED) is 0.851. The molecule has 1 aromatic carbocycles. The molecule has 0 radical (unpaired) electrons. The first kappa shape index (κ1) is 20.9. The van der Waals surface area contributed by atoms with Crippen molar-refractivity contribution in [2.45, 2.75) is 64.3 Å². The highest BCUT2D eigenvalue weighted by Crippen LogP contribution is 2.28. The van der Waals surface area contributed by atoms with Crippen molar-refractivity contribution < 1.29 is 13.2 Å². The van der Waals surface area contributed by atoms with Crippen LogP contribution in [0.4, 0.5) is 0 Å². The molecule has 1 aromatic rings. The highest BCUT2D eigenvalue weighted by molar-refractivity contribution is 7.89. The maximum absolute atomic E-state index is 12.7. The Morgan fingerprint density at radius 2 is 1.62 bits per heavy atom. The lowest BCUT2D eigenvalue weighted by atomic mass is 9.81. The molecule has 6 heteroatoms. The number of sulfonamides is 1. The van der Waals surface area contributed by atoms with Gasteiger partial charge >= 0.3 is 0 Å². The molecule has 1 aliphatic heterocycles. The van der Waals surface area contributed by atoms with Crippen LogP contribution in [0.2, 0.25) is 0 Å². The zero-order valence-corrected chi connectivity index (χ0v) is 17.4. The standard InChI is InChI=1S/C20H32N2O3S/c1-19(2,3)15-20(4,5)21-18(23)16-11-13-22(14-12-16)26(24,25)17-9-7-6-8-10-17/h6-10,16H,11-15H2,1-5H3,(H,21,23). The molecule has 0 spiro atoms. The second-order valence-electron chi connectivity index (χ2n) is 9.10. The number of amides is 1. The number of piperidine rings is 1. The minimum absolute atomic E-state index is 0.0380. The third-order valence-corrected chi connectivity index (χ3v) is 6.55. The summed E-state index contributed by atoms with van der Waals surface area (Å²) in [5.41, 5.74) is -0.146. The van der Waals surface area contributed by atoms with E-state index in [1.54, 1.807) is 30.3 Å². The summed E-state index contributed by atoms with van der Waals surface area (Å²) in [5.74, 6) is -0.0903. The number of nitrogens with one attached hydrogen (secondary N) is 1. The molecule has 0 bridgehead atoms. The molecular formula is C20H32N2O3S. The van der Waals surface area contributed by atoms with Crippen LogP contribution >= 0.6 is 0 Å². The molecule has 1 saturated heterocycles. The lowest BCUT2D eigenvalue weighted by Crippen LogP contribution is -2.50. The molecule has 1 aliphatic rings. The van der Waals surface area contributed by atoms with Gasteiger partial charge in [-0.3, -0.25) is 4.79 Å². The maximum Gasteiger partial charge on any atom is 0.243 e. The second-order valence-corrected chi connectivity index (χ2v) is 11.0. The highest BCUT2D eigenvalue weighted by atomic mass is 32.2. The zero-order chi connectivity index (χ0) is 19.6. The molecule has 1 N–H and O–H groups in total. The summed E-state index contributed by atoms with van der Waals surface area (Å²) in [7, 11) is -3.47. The van der Waals surface area contributed by atoms with Crippen LogP contribution in [0.3, 0.4) is 0 Å². The summed E-state index contributed by atoms with van der Waals surface area (Å²) in [5, 5.41) is 3.16. The van der Waals surface area contributed by atoms with Gasteiger partial charge in [0.25, 0.3) is 0 Å². The van der Waals surface area contributed by atoms with Gasteiger partial charge in [-0.15, -0.1) is 0 Å². The number of carbonyl (C=O) groups is 1. The van der Waals surface area contributed by atoms with E-state index in [4.69, 9.17) is 0 Å². The van der Waals surface area contributed by atoms with Gasteiger partial charge in [-0.2, -0.15) is 4.31 Å². The van der Waals surface area contributed by atoms with Crippen LogP contribution < -0.4 is 5.32 Å². The third kappa shape index (κ3) is 5.55. The molecule has 0 aromatic heterocycles. The van der Waals surface area contributed by atoms with Crippen LogP contribution in [0.25, 0.3) is 0 Å². The van der Waals surface area contributed by atoms with E-state index in [2.05, 4.69) is 26.1 Å². The molecule has 5 nitrogen and oxygen atoms in total. The average Bonchev–Trinajstić information content (AvgIpc) is 2.53. The average molecular weight is 381 g/mol. The van der Waals surface area contributed by atoms with Gasteiger partial charge in [-0.1, -0.05) is 39.0 Å². The Balaban J connectivity index is 1.95.